The Morgan fingerprint density at radius 1 is 1.03 bits per heavy atom. The lowest BCUT2D eigenvalue weighted by molar-refractivity contribution is -0.385. The van der Waals surface area contributed by atoms with Gasteiger partial charge < -0.3 is 9.47 Å². The molecule has 1 aliphatic heterocycles. The average Bonchev–Trinajstić information content (AvgIpc) is 2.96. The molecular formula is C22H22N2O7. The normalized spacial score (nSPS) is 13.2. The van der Waals surface area contributed by atoms with E-state index >= 15 is 0 Å². The molecule has 31 heavy (non-hydrogen) atoms. The largest absolute Gasteiger partial charge is 0.490 e. The number of carbonyl (C=O) groups is 3. The van der Waals surface area contributed by atoms with Gasteiger partial charge in [-0.05, 0) is 29.2 Å². The zero-order chi connectivity index (χ0) is 22.8. The molecule has 9 heteroatoms. The van der Waals surface area contributed by atoms with Crippen molar-refractivity contribution in [3.05, 3.63) is 69.3 Å². The van der Waals surface area contributed by atoms with Gasteiger partial charge in [-0.1, -0.05) is 39.0 Å². The van der Waals surface area contributed by atoms with E-state index in [2.05, 4.69) is 20.8 Å². The maximum atomic E-state index is 12.4. The summed E-state index contributed by atoms with van der Waals surface area (Å²) in [7, 11) is 0. The van der Waals surface area contributed by atoms with E-state index in [1.807, 2.05) is 24.3 Å². The van der Waals surface area contributed by atoms with Gasteiger partial charge in [0.2, 0.25) is 0 Å². The summed E-state index contributed by atoms with van der Waals surface area (Å²) in [5.41, 5.74) is 0.296. The minimum atomic E-state index is -0.889. The van der Waals surface area contributed by atoms with Gasteiger partial charge in [0, 0.05) is 6.07 Å². The summed E-state index contributed by atoms with van der Waals surface area (Å²) in [6.07, 6.45) is 0. The number of carbonyl (C=O) groups excluding carboxylic acids is 3. The molecule has 2 amide bonds. The van der Waals surface area contributed by atoms with Crippen LogP contribution in [0.5, 0.6) is 5.75 Å². The third-order valence-corrected chi connectivity index (χ3v) is 4.80. The summed E-state index contributed by atoms with van der Waals surface area (Å²) >= 11 is 0. The molecule has 0 bridgehead atoms. The lowest BCUT2D eigenvalue weighted by Crippen LogP contribution is -2.36. The van der Waals surface area contributed by atoms with Gasteiger partial charge in [-0.15, -0.1) is 0 Å². The highest BCUT2D eigenvalue weighted by Gasteiger charge is 2.41. The fourth-order valence-electron chi connectivity index (χ4n) is 3.15. The second-order valence-electron chi connectivity index (χ2n) is 8.00. The zero-order valence-electron chi connectivity index (χ0n) is 17.4. The molecule has 0 aliphatic carbocycles. The van der Waals surface area contributed by atoms with Crippen LogP contribution in [0.15, 0.2) is 42.5 Å². The Morgan fingerprint density at radius 2 is 1.71 bits per heavy atom. The molecule has 3 rings (SSSR count). The summed E-state index contributed by atoms with van der Waals surface area (Å²) in [4.78, 5) is 47.9. The summed E-state index contributed by atoms with van der Waals surface area (Å²) in [5.74, 6) is -1.85. The molecule has 0 atom stereocenters. The maximum absolute atomic E-state index is 12.4. The second kappa shape index (κ2) is 8.55. The first kappa shape index (κ1) is 21.9. The average molecular weight is 426 g/mol. The van der Waals surface area contributed by atoms with E-state index in [9.17, 15) is 24.5 Å². The molecule has 1 aliphatic rings. The molecule has 162 valence electrons. The van der Waals surface area contributed by atoms with Crippen molar-refractivity contribution in [3.63, 3.8) is 0 Å². The number of hydrogen-bond acceptors (Lipinski definition) is 7. The molecule has 0 fully saturated rings. The zero-order valence-corrected chi connectivity index (χ0v) is 17.4. The van der Waals surface area contributed by atoms with Gasteiger partial charge in [0.05, 0.1) is 10.5 Å². The van der Waals surface area contributed by atoms with Crippen molar-refractivity contribution in [2.24, 2.45) is 0 Å². The second-order valence-corrected chi connectivity index (χ2v) is 8.00. The van der Waals surface area contributed by atoms with Crippen molar-refractivity contribution in [3.8, 4) is 5.75 Å². The van der Waals surface area contributed by atoms with Crippen LogP contribution in [0.4, 0.5) is 5.69 Å². The number of rotatable bonds is 7. The Hall–Kier alpha value is -3.75. The van der Waals surface area contributed by atoms with Crippen LogP contribution < -0.4 is 4.74 Å². The van der Waals surface area contributed by atoms with Crippen LogP contribution >= 0.6 is 0 Å². The molecule has 0 radical (unpaired) electrons. The number of benzene rings is 2. The number of nitro benzene ring substituents is 1. The molecule has 9 nitrogen and oxygen atoms in total. The number of amides is 2. The number of nitrogens with zero attached hydrogens (tertiary/aromatic N) is 2. The van der Waals surface area contributed by atoms with Gasteiger partial charge in [-0.25, -0.2) is 0 Å². The standard InChI is InChI=1S/C22H22N2O7/c1-22(2,3)14-7-9-15(10-8-14)30-11-12-31-18(25)13-23-20(26)16-5-4-6-17(24(28)29)19(16)21(23)27/h4-10H,11-13H2,1-3H3. The molecule has 1 heterocycles. The van der Waals surface area contributed by atoms with E-state index in [0.717, 1.165) is 11.6 Å². The van der Waals surface area contributed by atoms with Crippen LogP contribution in [0, 0.1) is 10.1 Å². The number of hydrogen-bond donors (Lipinski definition) is 0. The summed E-state index contributed by atoms with van der Waals surface area (Å²) in [6.45, 7) is 5.69. The smallest absolute Gasteiger partial charge is 0.326 e. The molecule has 0 aromatic heterocycles. The molecule has 0 spiro atoms. The predicted octanol–water partition coefficient (Wildman–Crippen LogP) is 3.11. The first-order chi connectivity index (χ1) is 14.6. The number of esters is 1. The lowest BCUT2D eigenvalue weighted by Gasteiger charge is -2.19. The van der Waals surface area contributed by atoms with Crippen molar-refractivity contribution in [2.75, 3.05) is 19.8 Å². The monoisotopic (exact) mass is 426 g/mol. The van der Waals surface area contributed by atoms with Crippen LogP contribution in [-0.4, -0.2) is 47.4 Å². The number of imide groups is 1. The number of nitro groups is 1. The van der Waals surface area contributed by atoms with Crippen LogP contribution in [0.3, 0.4) is 0 Å². The molecule has 0 saturated heterocycles. The van der Waals surface area contributed by atoms with E-state index in [1.54, 1.807) is 0 Å². The van der Waals surface area contributed by atoms with Crippen molar-refractivity contribution >= 4 is 23.5 Å². The number of ether oxygens (including phenoxy) is 2. The van der Waals surface area contributed by atoms with E-state index in [4.69, 9.17) is 9.47 Å². The highest BCUT2D eigenvalue weighted by molar-refractivity contribution is 6.24. The van der Waals surface area contributed by atoms with Crippen LogP contribution in [0.1, 0.15) is 47.1 Å². The van der Waals surface area contributed by atoms with Gasteiger partial charge in [0.15, 0.2) is 0 Å². The van der Waals surface area contributed by atoms with Crippen molar-refractivity contribution in [1.82, 2.24) is 4.90 Å². The molecule has 0 saturated carbocycles. The fraction of sp³-hybridized carbons (Fsp3) is 0.318. The van der Waals surface area contributed by atoms with Crippen molar-refractivity contribution in [1.29, 1.82) is 0 Å². The fourth-order valence-corrected chi connectivity index (χ4v) is 3.15. The van der Waals surface area contributed by atoms with E-state index in [1.165, 1.54) is 12.1 Å². The molecular weight excluding hydrogens is 404 g/mol. The molecule has 2 aromatic carbocycles. The van der Waals surface area contributed by atoms with Gasteiger partial charge in [-0.3, -0.25) is 29.4 Å². The van der Waals surface area contributed by atoms with Gasteiger partial charge in [0.25, 0.3) is 17.5 Å². The third kappa shape index (κ3) is 4.71. The predicted molar refractivity (Wildman–Crippen MR) is 110 cm³/mol. The highest BCUT2D eigenvalue weighted by Crippen LogP contribution is 2.30. The Labute approximate surface area is 178 Å². The van der Waals surface area contributed by atoms with Crippen LogP contribution in [-0.2, 0) is 14.9 Å². The first-order valence-corrected chi connectivity index (χ1v) is 9.62. The van der Waals surface area contributed by atoms with Crippen LogP contribution in [0.25, 0.3) is 0 Å². The molecule has 0 N–H and O–H groups in total. The van der Waals surface area contributed by atoms with E-state index in [0.29, 0.717) is 10.6 Å². The SMILES string of the molecule is CC(C)(C)c1ccc(OCCOC(=O)CN2C(=O)c3cccc([N+](=O)[O-])c3C2=O)cc1. The lowest BCUT2D eigenvalue weighted by atomic mass is 9.87. The summed E-state index contributed by atoms with van der Waals surface area (Å²) < 4.78 is 10.6. The summed E-state index contributed by atoms with van der Waals surface area (Å²) in [6, 6.07) is 11.3. The van der Waals surface area contributed by atoms with Crippen LogP contribution in [0.2, 0.25) is 0 Å². The maximum Gasteiger partial charge on any atom is 0.326 e. The van der Waals surface area contributed by atoms with Gasteiger partial charge >= 0.3 is 5.97 Å². The highest BCUT2D eigenvalue weighted by atomic mass is 16.6. The van der Waals surface area contributed by atoms with E-state index in [-0.39, 0.29) is 29.8 Å². The topological polar surface area (TPSA) is 116 Å². The van der Waals surface area contributed by atoms with Gasteiger partial charge in [0.1, 0.15) is 31.1 Å². The Morgan fingerprint density at radius 3 is 2.32 bits per heavy atom. The molecule has 0 unspecified atom stereocenters. The summed E-state index contributed by atoms with van der Waals surface area (Å²) in [5, 5.41) is 11.1. The third-order valence-electron chi connectivity index (χ3n) is 4.80. The quantitative estimate of drug-likeness (QED) is 0.220. The Balaban J connectivity index is 1.51. The number of fused-ring (bicyclic) bond motifs is 1. The molecule has 2 aromatic rings. The Bertz CT molecular complexity index is 1040. The van der Waals surface area contributed by atoms with Crippen molar-refractivity contribution < 1.29 is 28.8 Å². The van der Waals surface area contributed by atoms with E-state index < -0.39 is 34.9 Å². The minimum absolute atomic E-state index is 0.0264. The van der Waals surface area contributed by atoms with Crippen molar-refractivity contribution in [2.45, 2.75) is 26.2 Å². The first-order valence-electron chi connectivity index (χ1n) is 9.62. The minimum Gasteiger partial charge on any atom is -0.490 e. The van der Waals surface area contributed by atoms with Gasteiger partial charge in [-0.2, -0.15) is 0 Å². The Kier molecular flexibility index (Phi) is 6.05.